The van der Waals surface area contributed by atoms with Crippen molar-refractivity contribution in [2.45, 2.75) is 26.1 Å². The molecule has 1 unspecified atom stereocenters. The molecular weight excluding hydrogens is 333 g/mol. The van der Waals surface area contributed by atoms with Crippen LogP contribution in [0.25, 0.3) is 0 Å². The number of carboxylic acids is 1. The van der Waals surface area contributed by atoms with Gasteiger partial charge in [-0.05, 0) is 13.0 Å². The van der Waals surface area contributed by atoms with Crippen LogP contribution in [0, 0.1) is 12.8 Å². The molecule has 10 heteroatoms. The monoisotopic (exact) mass is 348 g/mol. The van der Waals surface area contributed by atoms with Crippen LogP contribution in [0.1, 0.15) is 28.3 Å². The zero-order valence-corrected chi connectivity index (χ0v) is 12.6. The molecule has 1 aliphatic rings. The number of hydrogen-bond donors (Lipinski definition) is 2. The molecule has 2 amide bonds. The van der Waals surface area contributed by atoms with E-state index in [1.165, 1.54) is 13.0 Å². The van der Waals surface area contributed by atoms with Crippen LogP contribution >= 0.6 is 0 Å². The number of carboxylic acid groups (broad SMARTS) is 1. The Balaban J connectivity index is 1.90. The summed E-state index contributed by atoms with van der Waals surface area (Å²) in [6, 6.07) is 1.26. The van der Waals surface area contributed by atoms with Gasteiger partial charge < -0.3 is 19.7 Å². The average Bonchev–Trinajstić information content (AvgIpc) is 2.98. The summed E-state index contributed by atoms with van der Waals surface area (Å²) in [4.78, 5) is 35.0. The van der Waals surface area contributed by atoms with Gasteiger partial charge in [0.15, 0.2) is 0 Å². The first-order valence-electron chi connectivity index (χ1n) is 7.01. The summed E-state index contributed by atoms with van der Waals surface area (Å²) in [5, 5.41) is 11.3. The first-order chi connectivity index (χ1) is 11.1. The number of furan rings is 1. The van der Waals surface area contributed by atoms with E-state index in [1.54, 1.807) is 0 Å². The molecule has 24 heavy (non-hydrogen) atoms. The number of nitrogens with zero attached hydrogens (tertiary/aromatic N) is 1. The first-order valence-corrected chi connectivity index (χ1v) is 7.01. The van der Waals surface area contributed by atoms with Gasteiger partial charge in [-0.25, -0.2) is 4.79 Å². The molecule has 1 aromatic rings. The molecule has 0 aliphatic carbocycles. The molecule has 0 bridgehead atoms. The van der Waals surface area contributed by atoms with Crippen molar-refractivity contribution in [1.29, 1.82) is 0 Å². The summed E-state index contributed by atoms with van der Waals surface area (Å²) in [6.45, 7) is -0.340. The van der Waals surface area contributed by atoms with Crippen molar-refractivity contribution >= 4 is 17.8 Å². The lowest BCUT2D eigenvalue weighted by Crippen LogP contribution is -2.37. The number of aromatic carboxylic acids is 1. The molecule has 1 fully saturated rings. The van der Waals surface area contributed by atoms with Crippen LogP contribution in [0.2, 0.25) is 0 Å². The van der Waals surface area contributed by atoms with E-state index in [-0.39, 0.29) is 36.6 Å². The molecule has 1 saturated heterocycles. The van der Waals surface area contributed by atoms with Gasteiger partial charge in [-0.15, -0.1) is 0 Å². The van der Waals surface area contributed by atoms with Crippen molar-refractivity contribution in [2.24, 2.45) is 5.92 Å². The predicted octanol–water partition coefficient (Wildman–Crippen LogP) is 1.31. The number of halogens is 3. The molecule has 1 aliphatic heterocycles. The second kappa shape index (κ2) is 6.54. The first kappa shape index (κ1) is 17.8. The molecule has 1 atom stereocenters. The number of nitrogens with one attached hydrogen (secondary N) is 1. The maximum absolute atomic E-state index is 12.3. The molecule has 2 N–H and O–H groups in total. The fourth-order valence-electron chi connectivity index (χ4n) is 2.48. The van der Waals surface area contributed by atoms with Crippen LogP contribution in [-0.4, -0.2) is 47.1 Å². The molecule has 2 heterocycles. The summed E-state index contributed by atoms with van der Waals surface area (Å²) < 4.78 is 42.2. The van der Waals surface area contributed by atoms with E-state index >= 15 is 0 Å². The Labute approximate surface area is 134 Å². The van der Waals surface area contributed by atoms with E-state index in [0.717, 1.165) is 0 Å². The maximum atomic E-state index is 12.3. The van der Waals surface area contributed by atoms with Crippen LogP contribution in [-0.2, 0) is 16.1 Å². The standard InChI is InChI=1S/C14H15F3N2O5/c1-7-10(13(22)23)3-9(24-7)4-18-12(21)8-2-11(20)19(5-8)6-14(15,16)17/h3,8H,2,4-6H2,1H3,(H,18,21)(H,22,23). The van der Waals surface area contributed by atoms with Gasteiger partial charge in [-0.2, -0.15) is 13.2 Å². The van der Waals surface area contributed by atoms with Crippen molar-refractivity contribution in [3.05, 3.63) is 23.2 Å². The Morgan fingerprint density at radius 2 is 2.12 bits per heavy atom. The Kier molecular flexibility index (Phi) is 4.86. The van der Waals surface area contributed by atoms with Gasteiger partial charge in [0.2, 0.25) is 11.8 Å². The highest BCUT2D eigenvalue weighted by Crippen LogP contribution is 2.24. The van der Waals surface area contributed by atoms with Gasteiger partial charge in [0.25, 0.3) is 0 Å². The fraction of sp³-hybridized carbons (Fsp3) is 0.500. The normalized spacial score (nSPS) is 18.1. The molecule has 0 radical (unpaired) electrons. The highest BCUT2D eigenvalue weighted by atomic mass is 19.4. The van der Waals surface area contributed by atoms with E-state index in [0.29, 0.717) is 4.90 Å². The van der Waals surface area contributed by atoms with Gasteiger partial charge in [-0.3, -0.25) is 9.59 Å². The van der Waals surface area contributed by atoms with Crippen LogP contribution < -0.4 is 5.32 Å². The molecular formula is C14H15F3N2O5. The molecule has 1 aromatic heterocycles. The number of rotatable bonds is 5. The second-order valence-electron chi connectivity index (χ2n) is 5.50. The molecule has 0 spiro atoms. The molecule has 2 rings (SSSR count). The van der Waals surface area contributed by atoms with Crippen molar-refractivity contribution < 1.29 is 37.1 Å². The van der Waals surface area contributed by atoms with E-state index in [4.69, 9.17) is 9.52 Å². The number of likely N-dealkylation sites (tertiary alicyclic amines) is 1. The van der Waals surface area contributed by atoms with Gasteiger partial charge in [0.1, 0.15) is 23.6 Å². The molecule has 132 valence electrons. The van der Waals surface area contributed by atoms with Gasteiger partial charge >= 0.3 is 12.1 Å². The summed E-state index contributed by atoms with van der Waals surface area (Å²) in [5.74, 6) is -2.98. The third-order valence-electron chi connectivity index (χ3n) is 3.59. The third-order valence-corrected chi connectivity index (χ3v) is 3.59. The van der Waals surface area contributed by atoms with Crippen molar-refractivity contribution in [3.8, 4) is 0 Å². The topological polar surface area (TPSA) is 99.9 Å². The Bertz CT molecular complexity index is 668. The minimum Gasteiger partial charge on any atom is -0.478 e. The summed E-state index contributed by atoms with van der Waals surface area (Å²) >= 11 is 0. The quantitative estimate of drug-likeness (QED) is 0.836. The maximum Gasteiger partial charge on any atom is 0.406 e. The Morgan fingerprint density at radius 1 is 1.46 bits per heavy atom. The van der Waals surface area contributed by atoms with Gasteiger partial charge in [-0.1, -0.05) is 0 Å². The van der Waals surface area contributed by atoms with E-state index in [9.17, 15) is 27.6 Å². The van der Waals surface area contributed by atoms with Crippen LogP contribution in [0.4, 0.5) is 13.2 Å². The number of carbonyl (C=O) groups is 3. The zero-order valence-electron chi connectivity index (χ0n) is 12.6. The smallest absolute Gasteiger partial charge is 0.406 e. The molecule has 0 saturated carbocycles. The minimum absolute atomic E-state index is 0.0355. The van der Waals surface area contributed by atoms with Crippen LogP contribution in [0.15, 0.2) is 10.5 Å². The van der Waals surface area contributed by atoms with Crippen molar-refractivity contribution in [1.82, 2.24) is 10.2 Å². The van der Waals surface area contributed by atoms with Gasteiger partial charge in [0.05, 0.1) is 12.5 Å². The highest BCUT2D eigenvalue weighted by Gasteiger charge is 2.40. The lowest BCUT2D eigenvalue weighted by atomic mass is 10.1. The van der Waals surface area contributed by atoms with Crippen LogP contribution in [0.5, 0.6) is 0 Å². The second-order valence-corrected chi connectivity index (χ2v) is 5.50. The third kappa shape index (κ3) is 4.27. The molecule has 7 nitrogen and oxygen atoms in total. The Morgan fingerprint density at radius 3 is 2.67 bits per heavy atom. The summed E-state index contributed by atoms with van der Waals surface area (Å²) in [6.07, 6.45) is -4.81. The highest BCUT2D eigenvalue weighted by molar-refractivity contribution is 5.90. The van der Waals surface area contributed by atoms with E-state index in [2.05, 4.69) is 5.32 Å². The average molecular weight is 348 g/mol. The lowest BCUT2D eigenvalue weighted by molar-refractivity contribution is -0.157. The van der Waals surface area contributed by atoms with Crippen molar-refractivity contribution in [2.75, 3.05) is 13.1 Å². The van der Waals surface area contributed by atoms with Crippen LogP contribution in [0.3, 0.4) is 0 Å². The number of alkyl halides is 3. The number of hydrogen-bond acceptors (Lipinski definition) is 4. The Hall–Kier alpha value is -2.52. The number of amides is 2. The number of aryl methyl sites for hydroxylation is 1. The summed E-state index contributed by atoms with van der Waals surface area (Å²) in [7, 11) is 0. The summed E-state index contributed by atoms with van der Waals surface area (Å²) in [5.41, 5.74) is -0.0355. The van der Waals surface area contributed by atoms with E-state index < -0.39 is 36.4 Å². The fourth-order valence-corrected chi connectivity index (χ4v) is 2.48. The predicted molar refractivity (Wildman–Crippen MR) is 73.0 cm³/mol. The van der Waals surface area contributed by atoms with Crippen molar-refractivity contribution in [3.63, 3.8) is 0 Å². The van der Waals surface area contributed by atoms with Gasteiger partial charge in [0, 0.05) is 13.0 Å². The SMILES string of the molecule is Cc1oc(CNC(=O)C2CC(=O)N(CC(F)(F)F)C2)cc1C(=O)O. The molecule has 0 aromatic carbocycles. The van der Waals surface area contributed by atoms with E-state index in [1.807, 2.05) is 0 Å². The lowest BCUT2D eigenvalue weighted by Gasteiger charge is -2.18. The zero-order chi connectivity index (χ0) is 18.1. The minimum atomic E-state index is -4.51. The number of carbonyl (C=O) groups excluding carboxylic acids is 2. The largest absolute Gasteiger partial charge is 0.478 e.